The van der Waals surface area contributed by atoms with Crippen LogP contribution >= 0.6 is 0 Å². The maximum atomic E-state index is 13.6. The van der Waals surface area contributed by atoms with Crippen molar-refractivity contribution in [1.29, 1.82) is 0 Å². The first-order chi connectivity index (χ1) is 12.2. The standard InChI is InChI=1S/C16H12FN5O3/c17-10-1-3-12(13(7-10)22-9-18-20-21-22)16(23)19-11-2-4-14-15(8-11)25-6-5-24-14/h1-4,7-9H,5-6H2,(H,19,23). The number of hydrogen-bond acceptors (Lipinski definition) is 6. The number of benzene rings is 2. The van der Waals surface area contributed by atoms with E-state index in [1.807, 2.05) is 0 Å². The van der Waals surface area contributed by atoms with E-state index in [9.17, 15) is 9.18 Å². The Hall–Kier alpha value is -3.49. The minimum Gasteiger partial charge on any atom is -0.486 e. The van der Waals surface area contributed by atoms with Crippen LogP contribution in [-0.2, 0) is 0 Å². The van der Waals surface area contributed by atoms with Crippen LogP contribution in [0.1, 0.15) is 10.4 Å². The van der Waals surface area contributed by atoms with Crippen molar-refractivity contribution in [2.75, 3.05) is 18.5 Å². The molecule has 1 N–H and O–H groups in total. The number of carbonyl (C=O) groups excluding carboxylic acids is 1. The Morgan fingerprint density at radius 2 is 1.96 bits per heavy atom. The van der Waals surface area contributed by atoms with Gasteiger partial charge >= 0.3 is 0 Å². The minimum atomic E-state index is -0.499. The highest BCUT2D eigenvalue weighted by Gasteiger charge is 2.17. The van der Waals surface area contributed by atoms with E-state index in [1.54, 1.807) is 18.2 Å². The Balaban J connectivity index is 1.64. The van der Waals surface area contributed by atoms with E-state index in [0.717, 1.165) is 0 Å². The van der Waals surface area contributed by atoms with Crippen molar-refractivity contribution in [3.63, 3.8) is 0 Å². The average Bonchev–Trinajstić information content (AvgIpc) is 3.16. The van der Waals surface area contributed by atoms with Crippen LogP contribution in [0.2, 0.25) is 0 Å². The van der Waals surface area contributed by atoms with Gasteiger partial charge in [-0.3, -0.25) is 4.79 Å². The summed E-state index contributed by atoms with van der Waals surface area (Å²) in [5.74, 6) is 0.257. The van der Waals surface area contributed by atoms with Gasteiger partial charge in [-0.1, -0.05) is 0 Å². The van der Waals surface area contributed by atoms with Crippen molar-refractivity contribution in [2.24, 2.45) is 0 Å². The fourth-order valence-electron chi connectivity index (χ4n) is 2.48. The maximum absolute atomic E-state index is 13.6. The number of rotatable bonds is 3. The molecule has 0 aliphatic carbocycles. The van der Waals surface area contributed by atoms with Crippen LogP contribution in [-0.4, -0.2) is 39.3 Å². The maximum Gasteiger partial charge on any atom is 0.257 e. The molecule has 2 aromatic carbocycles. The van der Waals surface area contributed by atoms with Gasteiger partial charge in [-0.15, -0.1) is 5.10 Å². The Morgan fingerprint density at radius 1 is 1.12 bits per heavy atom. The number of amides is 1. The van der Waals surface area contributed by atoms with Gasteiger partial charge in [0.15, 0.2) is 11.5 Å². The number of ether oxygens (including phenoxy) is 2. The molecule has 1 aromatic heterocycles. The lowest BCUT2D eigenvalue weighted by Gasteiger charge is -2.19. The second-order valence-corrected chi connectivity index (χ2v) is 5.23. The molecule has 0 spiro atoms. The highest BCUT2D eigenvalue weighted by molar-refractivity contribution is 6.06. The Labute approximate surface area is 141 Å². The van der Waals surface area contributed by atoms with Gasteiger partial charge in [-0.25, -0.2) is 4.39 Å². The van der Waals surface area contributed by atoms with Crippen molar-refractivity contribution in [3.8, 4) is 17.2 Å². The van der Waals surface area contributed by atoms with E-state index < -0.39 is 11.7 Å². The molecule has 25 heavy (non-hydrogen) atoms. The van der Waals surface area contributed by atoms with Crippen molar-refractivity contribution < 1.29 is 18.7 Å². The summed E-state index contributed by atoms with van der Waals surface area (Å²) >= 11 is 0. The molecule has 2 heterocycles. The lowest BCUT2D eigenvalue weighted by molar-refractivity contribution is 0.102. The fourth-order valence-corrected chi connectivity index (χ4v) is 2.48. The van der Waals surface area contributed by atoms with Crippen LogP contribution in [0, 0.1) is 5.82 Å². The Morgan fingerprint density at radius 3 is 2.76 bits per heavy atom. The van der Waals surface area contributed by atoms with Crippen molar-refractivity contribution in [2.45, 2.75) is 0 Å². The molecule has 0 bridgehead atoms. The number of carbonyl (C=O) groups is 1. The summed E-state index contributed by atoms with van der Waals surface area (Å²) in [6.07, 6.45) is 1.29. The van der Waals surface area contributed by atoms with E-state index in [2.05, 4.69) is 20.8 Å². The molecule has 0 fully saturated rings. The van der Waals surface area contributed by atoms with Crippen LogP contribution in [0.3, 0.4) is 0 Å². The molecule has 0 atom stereocenters. The van der Waals surface area contributed by atoms with Gasteiger partial charge < -0.3 is 14.8 Å². The van der Waals surface area contributed by atoms with Gasteiger partial charge in [0.05, 0.1) is 11.3 Å². The number of hydrogen-bond donors (Lipinski definition) is 1. The van der Waals surface area contributed by atoms with Crippen LogP contribution < -0.4 is 14.8 Å². The first-order valence-corrected chi connectivity index (χ1v) is 7.44. The average molecular weight is 341 g/mol. The van der Waals surface area contributed by atoms with Crippen molar-refractivity contribution in [3.05, 3.63) is 54.1 Å². The van der Waals surface area contributed by atoms with Crippen LogP contribution in [0.5, 0.6) is 11.5 Å². The topological polar surface area (TPSA) is 91.2 Å². The second-order valence-electron chi connectivity index (χ2n) is 5.23. The number of aromatic nitrogens is 4. The fraction of sp³-hybridized carbons (Fsp3) is 0.125. The third-order valence-corrected chi connectivity index (χ3v) is 3.60. The summed E-state index contributed by atoms with van der Waals surface area (Å²) in [7, 11) is 0. The molecular formula is C16H12FN5O3. The highest BCUT2D eigenvalue weighted by atomic mass is 19.1. The zero-order valence-corrected chi connectivity index (χ0v) is 12.8. The molecule has 1 aliphatic heterocycles. The van der Waals surface area contributed by atoms with Crippen molar-refractivity contribution >= 4 is 11.6 Å². The summed E-state index contributed by atoms with van der Waals surface area (Å²) in [6.45, 7) is 0.940. The molecule has 4 rings (SSSR count). The predicted molar refractivity (Wildman–Crippen MR) is 84.5 cm³/mol. The molecule has 0 radical (unpaired) electrons. The van der Waals surface area contributed by atoms with Crippen LogP contribution in [0.4, 0.5) is 10.1 Å². The highest BCUT2D eigenvalue weighted by Crippen LogP contribution is 2.32. The lowest BCUT2D eigenvalue weighted by Crippen LogP contribution is -2.17. The summed E-state index contributed by atoms with van der Waals surface area (Å²) in [6, 6.07) is 8.86. The van der Waals surface area contributed by atoms with Gasteiger partial charge in [-0.2, -0.15) is 4.68 Å². The van der Waals surface area contributed by atoms with Gasteiger partial charge in [0.1, 0.15) is 25.4 Å². The molecule has 0 unspecified atom stereocenters. The number of nitrogens with one attached hydrogen (secondary N) is 1. The molecule has 0 saturated heterocycles. The quantitative estimate of drug-likeness (QED) is 0.781. The number of halogens is 1. The van der Waals surface area contributed by atoms with Crippen molar-refractivity contribution in [1.82, 2.24) is 20.2 Å². The predicted octanol–water partition coefficient (Wildman–Crippen LogP) is 1.82. The first kappa shape index (κ1) is 15.1. The number of anilines is 1. The summed E-state index contributed by atoms with van der Waals surface area (Å²) in [5.41, 5.74) is 0.991. The molecule has 0 saturated carbocycles. The molecule has 9 heteroatoms. The summed E-state index contributed by atoms with van der Waals surface area (Å²) in [5, 5.41) is 13.5. The van der Waals surface area contributed by atoms with Crippen LogP contribution in [0.15, 0.2) is 42.7 Å². The van der Waals surface area contributed by atoms with Gasteiger partial charge in [0.25, 0.3) is 5.91 Å². The zero-order valence-electron chi connectivity index (χ0n) is 12.8. The zero-order chi connectivity index (χ0) is 17.2. The summed E-state index contributed by atoms with van der Waals surface area (Å²) in [4.78, 5) is 12.6. The van der Waals surface area contributed by atoms with Crippen LogP contribution in [0.25, 0.3) is 5.69 Å². The normalized spacial score (nSPS) is 12.7. The molecule has 8 nitrogen and oxygen atoms in total. The van der Waals surface area contributed by atoms with E-state index in [1.165, 1.54) is 29.2 Å². The summed E-state index contributed by atoms with van der Waals surface area (Å²) < 4.78 is 25.7. The molecular weight excluding hydrogens is 329 g/mol. The molecule has 1 amide bonds. The SMILES string of the molecule is O=C(Nc1ccc2c(c1)OCCO2)c1ccc(F)cc1-n1cnnn1. The van der Waals surface area contributed by atoms with Gasteiger partial charge in [0, 0.05) is 17.8 Å². The lowest BCUT2D eigenvalue weighted by atomic mass is 10.1. The molecule has 3 aromatic rings. The minimum absolute atomic E-state index is 0.226. The first-order valence-electron chi connectivity index (χ1n) is 7.44. The Kier molecular flexibility index (Phi) is 3.73. The number of nitrogens with zero attached hydrogens (tertiary/aromatic N) is 4. The molecule has 1 aliphatic rings. The van der Waals surface area contributed by atoms with Gasteiger partial charge in [0.2, 0.25) is 0 Å². The number of tetrazole rings is 1. The van der Waals surface area contributed by atoms with E-state index in [-0.39, 0.29) is 11.3 Å². The van der Waals surface area contributed by atoms with E-state index in [0.29, 0.717) is 30.4 Å². The monoisotopic (exact) mass is 341 g/mol. The largest absolute Gasteiger partial charge is 0.486 e. The number of fused-ring (bicyclic) bond motifs is 1. The third-order valence-electron chi connectivity index (χ3n) is 3.60. The van der Waals surface area contributed by atoms with E-state index >= 15 is 0 Å². The smallest absolute Gasteiger partial charge is 0.257 e. The third kappa shape index (κ3) is 2.99. The van der Waals surface area contributed by atoms with Gasteiger partial charge in [-0.05, 0) is 34.7 Å². The van der Waals surface area contributed by atoms with E-state index in [4.69, 9.17) is 9.47 Å². The Bertz CT molecular complexity index is 930. The second kappa shape index (κ2) is 6.19. The molecule has 126 valence electrons.